The van der Waals surface area contributed by atoms with Gasteiger partial charge in [0.05, 0.1) is 12.8 Å². The second kappa shape index (κ2) is 7.64. The number of carbonyl (C=O) groups is 1. The van der Waals surface area contributed by atoms with E-state index in [1.165, 1.54) is 5.56 Å². The van der Waals surface area contributed by atoms with E-state index in [-0.39, 0.29) is 5.91 Å². The third-order valence-electron chi connectivity index (χ3n) is 3.94. The van der Waals surface area contributed by atoms with E-state index in [0.717, 1.165) is 23.4 Å². The van der Waals surface area contributed by atoms with E-state index in [4.69, 9.17) is 9.57 Å². The fraction of sp³-hybridized carbons (Fsp3) is 0.263. The number of amides is 1. The molecule has 0 saturated carbocycles. The van der Waals surface area contributed by atoms with Crippen molar-refractivity contribution in [2.24, 2.45) is 5.16 Å². The van der Waals surface area contributed by atoms with Crippen molar-refractivity contribution in [2.75, 3.05) is 13.7 Å². The fourth-order valence-electron chi connectivity index (χ4n) is 2.56. The molecule has 1 N–H and O–H groups in total. The lowest BCUT2D eigenvalue weighted by Crippen LogP contribution is -2.36. The molecule has 0 spiro atoms. The molecule has 0 aromatic heterocycles. The summed E-state index contributed by atoms with van der Waals surface area (Å²) in [5.41, 5.74) is 2.91. The molecular formula is C19H20N2O3. The number of nitrogens with zero attached hydrogens (tertiary/aromatic N) is 1. The highest BCUT2D eigenvalue weighted by atomic mass is 16.6. The van der Waals surface area contributed by atoms with Gasteiger partial charge in [0.2, 0.25) is 6.10 Å². The molecule has 5 nitrogen and oxygen atoms in total. The summed E-state index contributed by atoms with van der Waals surface area (Å²) in [6.45, 7) is 0.584. The predicted molar refractivity (Wildman–Crippen MR) is 92.2 cm³/mol. The Kier molecular flexibility index (Phi) is 5.11. The van der Waals surface area contributed by atoms with Crippen molar-refractivity contribution in [3.05, 3.63) is 65.7 Å². The third kappa shape index (κ3) is 3.93. The second-order valence-electron chi connectivity index (χ2n) is 5.59. The van der Waals surface area contributed by atoms with Crippen molar-refractivity contribution in [3.8, 4) is 5.75 Å². The molecule has 2 aromatic carbocycles. The molecule has 0 fully saturated rings. The highest BCUT2D eigenvalue weighted by Gasteiger charge is 2.28. The lowest BCUT2D eigenvalue weighted by atomic mass is 10.0. The fourth-order valence-corrected chi connectivity index (χ4v) is 2.56. The van der Waals surface area contributed by atoms with E-state index in [9.17, 15) is 4.79 Å². The van der Waals surface area contributed by atoms with Gasteiger partial charge in [-0.25, -0.2) is 0 Å². The Labute approximate surface area is 141 Å². The molecular weight excluding hydrogens is 304 g/mol. The van der Waals surface area contributed by atoms with Gasteiger partial charge >= 0.3 is 0 Å². The van der Waals surface area contributed by atoms with Crippen LogP contribution < -0.4 is 10.1 Å². The van der Waals surface area contributed by atoms with E-state index in [2.05, 4.69) is 10.5 Å². The van der Waals surface area contributed by atoms with Crippen LogP contribution in [0.25, 0.3) is 0 Å². The van der Waals surface area contributed by atoms with Crippen molar-refractivity contribution in [3.63, 3.8) is 0 Å². The molecule has 1 heterocycles. The molecule has 1 aliphatic rings. The zero-order valence-corrected chi connectivity index (χ0v) is 13.6. The number of ether oxygens (including phenoxy) is 1. The molecule has 1 amide bonds. The number of carbonyl (C=O) groups excluding carboxylic acids is 1. The summed E-state index contributed by atoms with van der Waals surface area (Å²) in [7, 11) is 1.63. The third-order valence-corrected chi connectivity index (χ3v) is 3.94. The Balaban J connectivity index is 1.48. The SMILES string of the molecule is COc1ccc(C2=NOC(C(=O)NCCc3ccccc3)C2)cc1. The van der Waals surface area contributed by atoms with Gasteiger partial charge in [0.15, 0.2) is 0 Å². The average molecular weight is 324 g/mol. The van der Waals surface area contributed by atoms with Crippen LogP contribution in [0.3, 0.4) is 0 Å². The van der Waals surface area contributed by atoms with Crippen LogP contribution >= 0.6 is 0 Å². The lowest BCUT2D eigenvalue weighted by Gasteiger charge is -2.09. The smallest absolute Gasteiger partial charge is 0.264 e. The molecule has 1 atom stereocenters. The van der Waals surface area contributed by atoms with Crippen molar-refractivity contribution < 1.29 is 14.4 Å². The van der Waals surface area contributed by atoms with Crippen LogP contribution in [0.5, 0.6) is 5.75 Å². The van der Waals surface area contributed by atoms with Gasteiger partial charge in [0.25, 0.3) is 5.91 Å². The number of oxime groups is 1. The zero-order chi connectivity index (χ0) is 16.8. The molecule has 0 bridgehead atoms. The standard InChI is InChI=1S/C19H20N2O3/c1-23-16-9-7-15(8-10-16)17-13-18(24-21-17)19(22)20-12-11-14-5-3-2-4-6-14/h2-10,18H,11-13H2,1H3,(H,20,22). The summed E-state index contributed by atoms with van der Waals surface area (Å²) in [5.74, 6) is 0.659. The zero-order valence-electron chi connectivity index (χ0n) is 13.6. The van der Waals surface area contributed by atoms with Crippen LogP contribution in [-0.2, 0) is 16.1 Å². The predicted octanol–water partition coefficient (Wildman–Crippen LogP) is 2.55. The summed E-state index contributed by atoms with van der Waals surface area (Å²) in [5, 5.41) is 6.95. The summed E-state index contributed by atoms with van der Waals surface area (Å²) in [6, 6.07) is 17.6. The normalized spacial score (nSPS) is 16.2. The minimum Gasteiger partial charge on any atom is -0.497 e. The molecule has 1 aliphatic heterocycles. The van der Waals surface area contributed by atoms with Gasteiger partial charge in [0.1, 0.15) is 5.75 Å². The minimum atomic E-state index is -0.558. The first-order chi connectivity index (χ1) is 11.8. The molecule has 0 saturated heterocycles. The summed E-state index contributed by atoms with van der Waals surface area (Å²) in [4.78, 5) is 17.5. The van der Waals surface area contributed by atoms with E-state index >= 15 is 0 Å². The Hall–Kier alpha value is -2.82. The highest BCUT2D eigenvalue weighted by Crippen LogP contribution is 2.19. The summed E-state index contributed by atoms with van der Waals surface area (Å²) >= 11 is 0. The average Bonchev–Trinajstić information content (AvgIpc) is 3.13. The lowest BCUT2D eigenvalue weighted by molar-refractivity contribution is -0.131. The topological polar surface area (TPSA) is 59.9 Å². The number of hydrogen-bond acceptors (Lipinski definition) is 4. The second-order valence-corrected chi connectivity index (χ2v) is 5.59. The van der Waals surface area contributed by atoms with Gasteiger partial charge in [-0.05, 0) is 41.8 Å². The first-order valence-electron chi connectivity index (χ1n) is 7.95. The molecule has 124 valence electrons. The summed E-state index contributed by atoms with van der Waals surface area (Å²) < 4.78 is 5.14. The van der Waals surface area contributed by atoms with Crippen molar-refractivity contribution in [1.29, 1.82) is 0 Å². The Morgan fingerprint density at radius 2 is 1.96 bits per heavy atom. The molecule has 2 aromatic rings. The molecule has 3 rings (SSSR count). The molecule has 0 aliphatic carbocycles. The molecule has 1 unspecified atom stereocenters. The van der Waals surface area contributed by atoms with E-state index in [1.54, 1.807) is 7.11 Å². The molecule has 5 heteroatoms. The number of nitrogens with one attached hydrogen (secondary N) is 1. The monoisotopic (exact) mass is 324 g/mol. The number of methoxy groups -OCH3 is 1. The molecule has 0 radical (unpaired) electrons. The largest absolute Gasteiger partial charge is 0.497 e. The first kappa shape index (κ1) is 16.1. The quantitative estimate of drug-likeness (QED) is 0.888. The Morgan fingerprint density at radius 3 is 2.67 bits per heavy atom. The van der Waals surface area contributed by atoms with Crippen LogP contribution in [0, 0.1) is 0 Å². The first-order valence-corrected chi connectivity index (χ1v) is 7.95. The minimum absolute atomic E-state index is 0.127. The highest BCUT2D eigenvalue weighted by molar-refractivity contribution is 6.04. The maximum absolute atomic E-state index is 12.2. The van der Waals surface area contributed by atoms with Crippen LogP contribution in [0.4, 0.5) is 0 Å². The van der Waals surface area contributed by atoms with E-state index < -0.39 is 6.10 Å². The van der Waals surface area contributed by atoms with Crippen LogP contribution in [0.15, 0.2) is 59.8 Å². The van der Waals surface area contributed by atoms with Gasteiger partial charge in [0, 0.05) is 13.0 Å². The van der Waals surface area contributed by atoms with E-state index in [0.29, 0.717) is 13.0 Å². The number of rotatable bonds is 6. The van der Waals surface area contributed by atoms with Gasteiger partial charge < -0.3 is 14.9 Å². The van der Waals surface area contributed by atoms with Crippen LogP contribution in [0.1, 0.15) is 17.5 Å². The molecule has 24 heavy (non-hydrogen) atoms. The Bertz CT molecular complexity index is 711. The van der Waals surface area contributed by atoms with Crippen LogP contribution in [-0.4, -0.2) is 31.4 Å². The van der Waals surface area contributed by atoms with Crippen molar-refractivity contribution >= 4 is 11.6 Å². The van der Waals surface area contributed by atoms with Crippen molar-refractivity contribution in [1.82, 2.24) is 5.32 Å². The van der Waals surface area contributed by atoms with Gasteiger partial charge in [-0.1, -0.05) is 35.5 Å². The van der Waals surface area contributed by atoms with Crippen molar-refractivity contribution in [2.45, 2.75) is 18.9 Å². The number of hydrogen-bond donors (Lipinski definition) is 1. The number of benzene rings is 2. The van der Waals surface area contributed by atoms with E-state index in [1.807, 2.05) is 54.6 Å². The van der Waals surface area contributed by atoms with Gasteiger partial charge in [-0.2, -0.15) is 0 Å². The van der Waals surface area contributed by atoms with Gasteiger partial charge in [-0.15, -0.1) is 0 Å². The van der Waals surface area contributed by atoms with Gasteiger partial charge in [-0.3, -0.25) is 4.79 Å². The maximum Gasteiger partial charge on any atom is 0.264 e. The maximum atomic E-state index is 12.2. The summed E-state index contributed by atoms with van der Waals surface area (Å²) in [6.07, 6.45) is 0.715. The van der Waals surface area contributed by atoms with Crippen LogP contribution in [0.2, 0.25) is 0 Å². The Morgan fingerprint density at radius 1 is 1.21 bits per heavy atom.